The second-order valence-corrected chi connectivity index (χ2v) is 16.8. The molecule has 0 saturated heterocycles. The minimum atomic E-state index is -1.06. The van der Waals surface area contributed by atoms with E-state index >= 15 is 0 Å². The fourth-order valence-corrected chi connectivity index (χ4v) is 10.5. The largest absolute Gasteiger partial charge is 0.490 e. The van der Waals surface area contributed by atoms with Crippen LogP contribution in [0.1, 0.15) is 94.4 Å². The van der Waals surface area contributed by atoms with Crippen LogP contribution >= 0.6 is 22.7 Å². The van der Waals surface area contributed by atoms with Gasteiger partial charge in [-0.1, -0.05) is 68.5 Å². The lowest BCUT2D eigenvalue weighted by atomic mass is 9.70. The molecule has 3 aromatic carbocycles. The Balaban J connectivity index is 0.968. The van der Waals surface area contributed by atoms with E-state index in [-0.39, 0.29) is 28.5 Å². The summed E-state index contributed by atoms with van der Waals surface area (Å²) in [5, 5.41) is 17.8. The zero-order valence-corrected chi connectivity index (χ0v) is 30.7. The number of carboxylic acids is 1. The highest BCUT2D eigenvalue weighted by Crippen LogP contribution is 2.66. The number of anilines is 1. The van der Waals surface area contributed by atoms with E-state index in [0.29, 0.717) is 58.2 Å². The summed E-state index contributed by atoms with van der Waals surface area (Å²) < 4.78 is 13.9. The summed E-state index contributed by atoms with van der Waals surface area (Å²) in [6, 6.07) is 21.0. The lowest BCUT2D eigenvalue weighted by Gasteiger charge is -2.39. The normalized spacial score (nSPS) is 23.2. The van der Waals surface area contributed by atoms with E-state index in [4.69, 9.17) is 9.47 Å². The molecule has 1 amide bonds. The molecular formula is C40H42N4O5S2. The number of amides is 1. The van der Waals surface area contributed by atoms with Gasteiger partial charge in [0.05, 0.1) is 22.9 Å². The van der Waals surface area contributed by atoms with Crippen LogP contribution < -0.4 is 20.1 Å². The number of fused-ring (bicyclic) bond motifs is 4. The van der Waals surface area contributed by atoms with Gasteiger partial charge in [0.15, 0.2) is 22.3 Å². The Morgan fingerprint density at radius 3 is 2.57 bits per heavy atom. The van der Waals surface area contributed by atoms with Gasteiger partial charge in [-0.2, -0.15) is 0 Å². The van der Waals surface area contributed by atoms with Gasteiger partial charge in [0.2, 0.25) is 0 Å². The zero-order valence-electron chi connectivity index (χ0n) is 29.0. The molecule has 5 aromatic rings. The maximum atomic E-state index is 13.7. The molecule has 0 radical (unpaired) electrons. The molecule has 2 aromatic heterocycles. The molecule has 264 valence electrons. The summed E-state index contributed by atoms with van der Waals surface area (Å²) in [6.07, 6.45) is 5.53. The number of aromatic carboxylic acids is 1. The van der Waals surface area contributed by atoms with Crippen molar-refractivity contribution in [3.05, 3.63) is 99.0 Å². The second kappa shape index (κ2) is 13.3. The van der Waals surface area contributed by atoms with Gasteiger partial charge >= 0.3 is 5.97 Å². The molecule has 8 rings (SSSR count). The average Bonchev–Trinajstić information content (AvgIpc) is 3.84. The summed E-state index contributed by atoms with van der Waals surface area (Å²) in [5.41, 5.74) is 3.67. The zero-order chi connectivity index (χ0) is 35.3. The van der Waals surface area contributed by atoms with Gasteiger partial charge in [-0.15, -0.1) is 11.3 Å². The predicted molar refractivity (Wildman–Crippen MR) is 201 cm³/mol. The Morgan fingerprint density at radius 1 is 1.00 bits per heavy atom. The minimum Gasteiger partial charge on any atom is -0.490 e. The molecule has 3 aliphatic rings. The van der Waals surface area contributed by atoms with E-state index in [1.807, 2.05) is 66.7 Å². The van der Waals surface area contributed by atoms with E-state index < -0.39 is 12.0 Å². The molecule has 9 nitrogen and oxygen atoms in total. The molecule has 11 heteroatoms. The van der Waals surface area contributed by atoms with Crippen molar-refractivity contribution in [2.45, 2.75) is 71.4 Å². The van der Waals surface area contributed by atoms with Gasteiger partial charge in [-0.05, 0) is 91.3 Å². The van der Waals surface area contributed by atoms with Crippen LogP contribution in [0.25, 0.3) is 10.2 Å². The number of carbonyl (C=O) groups is 2. The molecule has 2 fully saturated rings. The van der Waals surface area contributed by atoms with Crippen molar-refractivity contribution in [2.75, 3.05) is 18.5 Å². The highest BCUT2D eigenvalue weighted by molar-refractivity contribution is 7.22. The summed E-state index contributed by atoms with van der Waals surface area (Å²) >= 11 is 2.81. The smallest absolute Gasteiger partial charge is 0.355 e. The van der Waals surface area contributed by atoms with E-state index in [1.54, 1.807) is 0 Å². The highest BCUT2D eigenvalue weighted by Gasteiger charge is 2.62. The maximum Gasteiger partial charge on any atom is 0.355 e. The number of nitrogens with zero attached hydrogens (tertiary/aromatic N) is 2. The Labute approximate surface area is 305 Å². The first-order chi connectivity index (χ1) is 24.6. The molecule has 4 atom stereocenters. The second-order valence-electron chi connectivity index (χ2n) is 14.7. The molecule has 2 bridgehead atoms. The molecule has 2 unspecified atom stereocenters. The van der Waals surface area contributed by atoms with Crippen molar-refractivity contribution in [3.63, 3.8) is 0 Å². The topological polar surface area (TPSA) is 123 Å². The number of hydrogen-bond acceptors (Lipinski definition) is 9. The molecule has 3 heterocycles. The first kappa shape index (κ1) is 33.8. The molecular weight excluding hydrogens is 681 g/mol. The third kappa shape index (κ3) is 6.08. The van der Waals surface area contributed by atoms with Crippen LogP contribution in [0.2, 0.25) is 0 Å². The lowest BCUT2D eigenvalue weighted by molar-refractivity contribution is 0.0281. The Bertz CT molecular complexity index is 2090. The van der Waals surface area contributed by atoms with E-state index in [1.165, 1.54) is 35.5 Å². The monoisotopic (exact) mass is 722 g/mol. The number of benzene rings is 3. The fourth-order valence-electron chi connectivity index (χ4n) is 8.50. The minimum absolute atomic E-state index is 0.0520. The molecule has 0 spiro atoms. The number of ether oxygens (including phenoxy) is 2. The van der Waals surface area contributed by atoms with Gasteiger partial charge in [0.1, 0.15) is 11.1 Å². The van der Waals surface area contributed by atoms with Crippen LogP contribution in [0.3, 0.4) is 0 Å². The Kier molecular flexibility index (Phi) is 8.84. The van der Waals surface area contributed by atoms with Crippen molar-refractivity contribution in [1.29, 1.82) is 0 Å². The van der Waals surface area contributed by atoms with Crippen LogP contribution in [0, 0.1) is 16.7 Å². The number of carbonyl (C=O) groups excluding carboxylic acids is 1. The van der Waals surface area contributed by atoms with Crippen molar-refractivity contribution in [3.8, 4) is 11.5 Å². The van der Waals surface area contributed by atoms with E-state index in [9.17, 15) is 14.7 Å². The van der Waals surface area contributed by atoms with Crippen LogP contribution in [0.4, 0.5) is 5.13 Å². The predicted octanol–water partition coefficient (Wildman–Crippen LogP) is 8.54. The van der Waals surface area contributed by atoms with Gasteiger partial charge < -0.3 is 19.9 Å². The van der Waals surface area contributed by atoms with Gasteiger partial charge in [-0.25, -0.2) is 14.8 Å². The number of aryl methyl sites for hydroxylation is 1. The quantitative estimate of drug-likeness (QED) is 0.116. The Hall–Kier alpha value is -4.32. The van der Waals surface area contributed by atoms with Crippen LogP contribution in [0.15, 0.2) is 66.7 Å². The summed E-state index contributed by atoms with van der Waals surface area (Å²) in [4.78, 5) is 36.0. The third-order valence-corrected chi connectivity index (χ3v) is 13.9. The van der Waals surface area contributed by atoms with Gasteiger partial charge in [0, 0.05) is 22.4 Å². The number of carboxylic acid groups (broad SMARTS) is 1. The number of hydrogen-bond donors (Lipinski definition) is 3. The number of para-hydroxylation sites is 3. The molecule has 2 saturated carbocycles. The van der Waals surface area contributed by atoms with Crippen molar-refractivity contribution < 1.29 is 24.2 Å². The number of aromatic nitrogens is 2. The molecule has 2 aliphatic carbocycles. The number of nitrogens with one attached hydrogen (secondary N) is 2. The average molecular weight is 723 g/mol. The Morgan fingerprint density at radius 2 is 1.80 bits per heavy atom. The van der Waals surface area contributed by atoms with Crippen LogP contribution in [-0.4, -0.2) is 46.2 Å². The first-order valence-corrected chi connectivity index (χ1v) is 19.4. The summed E-state index contributed by atoms with van der Waals surface area (Å²) in [6.45, 7) is 8.24. The lowest BCUT2D eigenvalue weighted by Crippen LogP contribution is -2.38. The van der Waals surface area contributed by atoms with Crippen LogP contribution in [-0.2, 0) is 12.8 Å². The number of thiazole rings is 2. The summed E-state index contributed by atoms with van der Waals surface area (Å²) in [7, 11) is 0. The highest BCUT2D eigenvalue weighted by atomic mass is 32.1. The van der Waals surface area contributed by atoms with E-state index in [2.05, 4.69) is 41.4 Å². The SMILES string of the molecule is CC1(C)[C@H]2CC[C@]1(C)C(Oc1ccccc1OCCCc1sc(C3NCCc4cccc(C(=O)Nc5nc6ccccc6s5)c43)nc1C(=O)O)C2. The standard InChI is InChI=1S/C40H42N4O5S2/c1-39(2)24-17-19-40(39,3)31(22-24)49-28-14-6-5-13-27(28)48-21-9-16-30-33(37(46)47)43-36(50-30)34-32-23(18-20-41-34)10-8-11-25(32)35(45)44-38-42-26-12-4-7-15-29(26)51-38/h4-8,10-15,24,31,34,41H,9,16-22H2,1-3H3,(H,46,47)(H,42,44,45)/t24-,31?,34?,40+/m0/s1. The summed E-state index contributed by atoms with van der Waals surface area (Å²) in [5.74, 6) is 0.842. The van der Waals surface area contributed by atoms with Gasteiger partial charge in [0.25, 0.3) is 5.91 Å². The number of rotatable bonds is 11. The third-order valence-electron chi connectivity index (χ3n) is 11.8. The van der Waals surface area contributed by atoms with Crippen LogP contribution in [0.5, 0.6) is 11.5 Å². The fraction of sp³-hybridized carbons (Fsp3) is 0.400. The molecule has 3 N–H and O–H groups in total. The first-order valence-electron chi connectivity index (χ1n) is 17.8. The molecule has 1 aliphatic heterocycles. The maximum absolute atomic E-state index is 13.7. The van der Waals surface area contributed by atoms with Crippen molar-refractivity contribution in [2.24, 2.45) is 16.7 Å². The van der Waals surface area contributed by atoms with Gasteiger partial charge in [-0.3, -0.25) is 10.1 Å². The van der Waals surface area contributed by atoms with E-state index in [0.717, 1.165) is 39.9 Å². The van der Waals surface area contributed by atoms with Crippen molar-refractivity contribution >= 4 is 49.9 Å². The van der Waals surface area contributed by atoms with Crippen molar-refractivity contribution in [1.82, 2.24) is 15.3 Å². The molecule has 51 heavy (non-hydrogen) atoms.